The van der Waals surface area contributed by atoms with Gasteiger partial charge in [-0.1, -0.05) is 6.92 Å². The summed E-state index contributed by atoms with van der Waals surface area (Å²) < 4.78 is 7.40. The number of nitrogens with zero attached hydrogens (tertiary/aromatic N) is 2. The van der Waals surface area contributed by atoms with Gasteiger partial charge in [0.05, 0.1) is 19.0 Å². The molecule has 1 rings (SSSR count). The molecular formula is C10H19N3O. The molecule has 0 radical (unpaired) electrons. The van der Waals surface area contributed by atoms with Gasteiger partial charge in [0.15, 0.2) is 5.75 Å². The van der Waals surface area contributed by atoms with Crippen LogP contribution in [0.5, 0.6) is 5.75 Å². The lowest BCUT2D eigenvalue weighted by Crippen LogP contribution is -2.03. The van der Waals surface area contributed by atoms with Crippen molar-refractivity contribution in [2.75, 3.05) is 13.2 Å². The first-order valence-corrected chi connectivity index (χ1v) is 5.22. The molecule has 0 fully saturated rings. The number of unbranched alkanes of at least 4 members (excludes halogenated alkanes) is 1. The number of hydrogen-bond acceptors (Lipinski definition) is 3. The van der Waals surface area contributed by atoms with Crippen molar-refractivity contribution >= 4 is 0 Å². The Morgan fingerprint density at radius 2 is 2.36 bits per heavy atom. The summed E-state index contributed by atoms with van der Waals surface area (Å²) in [6, 6.07) is 0. The molecular weight excluding hydrogens is 178 g/mol. The van der Waals surface area contributed by atoms with Crippen LogP contribution >= 0.6 is 0 Å². The molecule has 0 aromatic carbocycles. The number of rotatable bonds is 7. The smallest absolute Gasteiger partial charge is 0.157 e. The largest absolute Gasteiger partial charge is 0.490 e. The minimum Gasteiger partial charge on any atom is -0.490 e. The first kappa shape index (κ1) is 11.0. The zero-order valence-corrected chi connectivity index (χ0v) is 8.78. The van der Waals surface area contributed by atoms with Crippen molar-refractivity contribution < 1.29 is 4.74 Å². The topological polar surface area (TPSA) is 53.1 Å². The molecule has 80 valence electrons. The van der Waals surface area contributed by atoms with Crippen molar-refractivity contribution in [1.82, 2.24) is 9.78 Å². The highest BCUT2D eigenvalue weighted by atomic mass is 16.5. The van der Waals surface area contributed by atoms with Crippen LogP contribution in [-0.4, -0.2) is 22.9 Å². The van der Waals surface area contributed by atoms with E-state index in [1.165, 1.54) is 0 Å². The van der Waals surface area contributed by atoms with E-state index in [0.29, 0.717) is 0 Å². The average molecular weight is 197 g/mol. The molecule has 4 nitrogen and oxygen atoms in total. The van der Waals surface area contributed by atoms with Crippen LogP contribution in [0, 0.1) is 0 Å². The Labute approximate surface area is 85.0 Å². The molecule has 0 aliphatic heterocycles. The third kappa shape index (κ3) is 3.79. The number of nitrogens with two attached hydrogens (primary N) is 1. The van der Waals surface area contributed by atoms with E-state index < -0.39 is 0 Å². The van der Waals surface area contributed by atoms with Crippen molar-refractivity contribution in [1.29, 1.82) is 0 Å². The van der Waals surface area contributed by atoms with E-state index in [1.807, 2.05) is 10.9 Å². The fraction of sp³-hybridized carbons (Fsp3) is 0.700. The second kappa shape index (κ2) is 6.43. The maximum Gasteiger partial charge on any atom is 0.157 e. The molecule has 2 N–H and O–H groups in total. The summed E-state index contributed by atoms with van der Waals surface area (Å²) in [6.07, 6.45) is 6.82. The first-order valence-electron chi connectivity index (χ1n) is 5.22. The fourth-order valence-corrected chi connectivity index (χ4v) is 1.21. The molecule has 0 aliphatic rings. The monoisotopic (exact) mass is 197 g/mol. The van der Waals surface area contributed by atoms with E-state index in [9.17, 15) is 0 Å². The lowest BCUT2D eigenvalue weighted by molar-refractivity contribution is 0.307. The SMILES string of the molecule is CCCn1cc(OCCCCN)cn1. The van der Waals surface area contributed by atoms with Crippen LogP contribution in [0.1, 0.15) is 26.2 Å². The quantitative estimate of drug-likeness (QED) is 0.672. The number of aromatic nitrogens is 2. The Hall–Kier alpha value is -1.03. The van der Waals surface area contributed by atoms with Crippen molar-refractivity contribution in [3.63, 3.8) is 0 Å². The molecule has 0 amide bonds. The van der Waals surface area contributed by atoms with E-state index in [1.54, 1.807) is 6.20 Å². The zero-order valence-electron chi connectivity index (χ0n) is 8.78. The predicted molar refractivity (Wildman–Crippen MR) is 56.3 cm³/mol. The highest BCUT2D eigenvalue weighted by Crippen LogP contribution is 2.08. The molecule has 0 aliphatic carbocycles. The molecule has 0 unspecified atom stereocenters. The molecule has 0 atom stereocenters. The Balaban J connectivity index is 2.22. The summed E-state index contributed by atoms with van der Waals surface area (Å²) in [6.45, 7) is 4.54. The number of aryl methyl sites for hydroxylation is 1. The second-order valence-electron chi connectivity index (χ2n) is 3.28. The summed E-state index contributed by atoms with van der Waals surface area (Å²) in [4.78, 5) is 0. The van der Waals surface area contributed by atoms with Crippen molar-refractivity contribution in [3.05, 3.63) is 12.4 Å². The van der Waals surface area contributed by atoms with E-state index in [0.717, 1.165) is 44.7 Å². The van der Waals surface area contributed by atoms with Gasteiger partial charge < -0.3 is 10.5 Å². The van der Waals surface area contributed by atoms with Gasteiger partial charge in [-0.25, -0.2) is 0 Å². The third-order valence-corrected chi connectivity index (χ3v) is 1.93. The Morgan fingerprint density at radius 3 is 3.07 bits per heavy atom. The molecule has 1 aromatic rings. The third-order valence-electron chi connectivity index (χ3n) is 1.93. The van der Waals surface area contributed by atoms with Crippen LogP contribution in [0.2, 0.25) is 0 Å². The van der Waals surface area contributed by atoms with Crippen molar-refractivity contribution in [3.8, 4) is 5.75 Å². The normalized spacial score (nSPS) is 10.4. The van der Waals surface area contributed by atoms with Gasteiger partial charge in [-0.3, -0.25) is 4.68 Å². The Kier molecular flexibility index (Phi) is 5.07. The molecule has 1 heterocycles. The maximum absolute atomic E-state index is 5.50. The highest BCUT2D eigenvalue weighted by Gasteiger charge is 1.97. The van der Waals surface area contributed by atoms with E-state index in [-0.39, 0.29) is 0 Å². The van der Waals surface area contributed by atoms with Crippen LogP contribution in [0.25, 0.3) is 0 Å². The molecule has 4 heteroatoms. The lowest BCUT2D eigenvalue weighted by atomic mass is 10.3. The van der Waals surface area contributed by atoms with Crippen LogP contribution < -0.4 is 10.5 Å². The Bertz CT molecular complexity index is 247. The highest BCUT2D eigenvalue weighted by molar-refractivity contribution is 5.11. The average Bonchev–Trinajstić information content (AvgIpc) is 2.61. The summed E-state index contributed by atoms with van der Waals surface area (Å²) in [5.74, 6) is 0.857. The Morgan fingerprint density at radius 1 is 1.50 bits per heavy atom. The summed E-state index contributed by atoms with van der Waals surface area (Å²) in [5.41, 5.74) is 5.38. The van der Waals surface area contributed by atoms with Gasteiger partial charge in [0.1, 0.15) is 0 Å². The minimum atomic E-state index is 0.731. The molecule has 0 saturated heterocycles. The van der Waals surface area contributed by atoms with Crippen LogP contribution in [0.4, 0.5) is 0 Å². The van der Waals surface area contributed by atoms with Gasteiger partial charge in [-0.15, -0.1) is 0 Å². The fourth-order valence-electron chi connectivity index (χ4n) is 1.21. The van der Waals surface area contributed by atoms with Crippen LogP contribution in [-0.2, 0) is 6.54 Å². The van der Waals surface area contributed by atoms with Crippen LogP contribution in [0.3, 0.4) is 0 Å². The van der Waals surface area contributed by atoms with Gasteiger partial charge >= 0.3 is 0 Å². The van der Waals surface area contributed by atoms with E-state index >= 15 is 0 Å². The van der Waals surface area contributed by atoms with Crippen molar-refractivity contribution in [2.45, 2.75) is 32.7 Å². The number of ether oxygens (including phenoxy) is 1. The maximum atomic E-state index is 5.50. The van der Waals surface area contributed by atoms with E-state index in [2.05, 4.69) is 12.0 Å². The number of hydrogen-bond donors (Lipinski definition) is 1. The second-order valence-corrected chi connectivity index (χ2v) is 3.28. The van der Waals surface area contributed by atoms with Gasteiger partial charge in [0, 0.05) is 6.54 Å². The standard InChI is InChI=1S/C10H19N3O/c1-2-6-13-9-10(8-12-13)14-7-4-3-5-11/h8-9H,2-7,11H2,1H3. The lowest BCUT2D eigenvalue weighted by Gasteiger charge is -2.01. The molecule has 0 spiro atoms. The minimum absolute atomic E-state index is 0.731. The predicted octanol–water partition coefficient (Wildman–Crippen LogP) is 1.41. The van der Waals surface area contributed by atoms with Gasteiger partial charge in [-0.05, 0) is 25.8 Å². The first-order chi connectivity index (χ1) is 6.86. The van der Waals surface area contributed by atoms with Gasteiger partial charge in [0.2, 0.25) is 0 Å². The van der Waals surface area contributed by atoms with Gasteiger partial charge in [-0.2, -0.15) is 5.10 Å². The van der Waals surface area contributed by atoms with E-state index in [4.69, 9.17) is 10.5 Å². The summed E-state index contributed by atoms with van der Waals surface area (Å²) >= 11 is 0. The van der Waals surface area contributed by atoms with Crippen molar-refractivity contribution in [2.24, 2.45) is 5.73 Å². The summed E-state index contributed by atoms with van der Waals surface area (Å²) in [7, 11) is 0. The molecule has 1 aromatic heterocycles. The molecule has 0 bridgehead atoms. The van der Waals surface area contributed by atoms with Crippen LogP contribution in [0.15, 0.2) is 12.4 Å². The molecule has 14 heavy (non-hydrogen) atoms. The summed E-state index contributed by atoms with van der Waals surface area (Å²) in [5, 5.41) is 4.17. The zero-order chi connectivity index (χ0) is 10.2. The van der Waals surface area contributed by atoms with Gasteiger partial charge in [0.25, 0.3) is 0 Å². The molecule has 0 saturated carbocycles.